The lowest BCUT2D eigenvalue weighted by atomic mass is 9.82. The molecule has 0 radical (unpaired) electrons. The van der Waals surface area contributed by atoms with Crippen LogP contribution in [0.5, 0.6) is 0 Å². The third-order valence-electron chi connectivity index (χ3n) is 7.39. The van der Waals surface area contributed by atoms with E-state index in [9.17, 15) is 4.79 Å². The van der Waals surface area contributed by atoms with E-state index in [0.29, 0.717) is 5.92 Å². The zero-order valence-electron chi connectivity index (χ0n) is 14.2. The average Bonchev–Trinajstić information content (AvgIpc) is 3.19. The van der Waals surface area contributed by atoms with Gasteiger partial charge in [-0.25, -0.2) is 4.79 Å². The molecule has 1 saturated heterocycles. The van der Waals surface area contributed by atoms with Gasteiger partial charge in [0.25, 0.3) is 0 Å². The lowest BCUT2D eigenvalue weighted by molar-refractivity contribution is -0.0447. The zero-order valence-corrected chi connectivity index (χ0v) is 14.2. The molecule has 0 aromatic rings. The molecule has 1 aliphatic heterocycles. The molecule has 0 spiro atoms. The number of rotatable bonds is 2. The molecule has 4 fully saturated rings. The van der Waals surface area contributed by atoms with Gasteiger partial charge in [0.05, 0.1) is 0 Å². The molecule has 1 amide bonds. The molecule has 0 aromatic heterocycles. The molecule has 4 rings (SSSR count). The third kappa shape index (κ3) is 2.27. The first-order valence-electron chi connectivity index (χ1n) is 9.57. The second-order valence-corrected chi connectivity index (χ2v) is 8.70. The topological polar surface area (TPSA) is 29.5 Å². The van der Waals surface area contributed by atoms with Gasteiger partial charge in [-0.2, -0.15) is 0 Å². The first kappa shape index (κ1) is 14.8. The van der Waals surface area contributed by atoms with Gasteiger partial charge >= 0.3 is 6.09 Å². The van der Waals surface area contributed by atoms with Crippen LogP contribution >= 0.6 is 0 Å². The van der Waals surface area contributed by atoms with Crippen molar-refractivity contribution in [2.24, 2.45) is 29.6 Å². The van der Waals surface area contributed by atoms with Crippen LogP contribution in [0.2, 0.25) is 0 Å². The van der Waals surface area contributed by atoms with Crippen LogP contribution in [0.3, 0.4) is 0 Å². The Hall–Kier alpha value is -0.730. The highest BCUT2D eigenvalue weighted by Crippen LogP contribution is 2.63. The smallest absolute Gasteiger partial charge is 0.410 e. The molecule has 4 atom stereocenters. The Balaban J connectivity index is 1.48. The van der Waals surface area contributed by atoms with Crippen molar-refractivity contribution in [1.29, 1.82) is 0 Å². The van der Waals surface area contributed by atoms with Crippen LogP contribution < -0.4 is 0 Å². The van der Waals surface area contributed by atoms with E-state index < -0.39 is 0 Å². The van der Waals surface area contributed by atoms with Gasteiger partial charge in [0.1, 0.15) is 5.60 Å². The predicted molar refractivity (Wildman–Crippen MR) is 86.5 cm³/mol. The van der Waals surface area contributed by atoms with Crippen molar-refractivity contribution in [2.75, 3.05) is 13.1 Å². The van der Waals surface area contributed by atoms with E-state index in [-0.39, 0.29) is 11.7 Å². The van der Waals surface area contributed by atoms with Gasteiger partial charge in [0.2, 0.25) is 0 Å². The lowest BCUT2D eigenvalue weighted by Crippen LogP contribution is -2.45. The van der Waals surface area contributed by atoms with E-state index in [4.69, 9.17) is 4.74 Å². The normalized spacial score (nSPS) is 43.7. The Labute approximate surface area is 134 Å². The quantitative estimate of drug-likeness (QED) is 0.754. The van der Waals surface area contributed by atoms with Crippen LogP contribution in [-0.2, 0) is 4.74 Å². The second-order valence-electron chi connectivity index (χ2n) is 8.70. The minimum atomic E-state index is -0.175. The summed E-state index contributed by atoms with van der Waals surface area (Å²) in [4.78, 5) is 14.6. The van der Waals surface area contributed by atoms with Crippen molar-refractivity contribution in [2.45, 2.75) is 70.8 Å². The van der Waals surface area contributed by atoms with Crippen molar-refractivity contribution < 1.29 is 9.53 Å². The minimum absolute atomic E-state index is 0.0271. The van der Waals surface area contributed by atoms with Crippen molar-refractivity contribution in [3.63, 3.8) is 0 Å². The summed E-state index contributed by atoms with van der Waals surface area (Å²) in [6, 6.07) is 0. The Kier molecular flexibility index (Phi) is 3.65. The van der Waals surface area contributed by atoms with Gasteiger partial charge in [-0.1, -0.05) is 13.8 Å². The molecule has 124 valence electrons. The van der Waals surface area contributed by atoms with E-state index in [1.807, 2.05) is 4.90 Å². The molecule has 2 bridgehead atoms. The Morgan fingerprint density at radius 3 is 2.18 bits per heavy atom. The van der Waals surface area contributed by atoms with Gasteiger partial charge < -0.3 is 9.64 Å². The number of carbonyl (C=O) groups is 1. The summed E-state index contributed by atoms with van der Waals surface area (Å²) in [5, 5.41) is 0. The van der Waals surface area contributed by atoms with Gasteiger partial charge in [-0.05, 0) is 81.0 Å². The number of likely N-dealkylation sites (tertiary alicyclic amines) is 1. The van der Waals surface area contributed by atoms with Crippen LogP contribution in [0, 0.1) is 29.6 Å². The fourth-order valence-electron chi connectivity index (χ4n) is 6.03. The highest BCUT2D eigenvalue weighted by Gasteiger charge is 2.59. The molecule has 4 unspecified atom stereocenters. The molecule has 1 heterocycles. The van der Waals surface area contributed by atoms with Crippen LogP contribution in [-0.4, -0.2) is 29.7 Å². The summed E-state index contributed by atoms with van der Waals surface area (Å²) in [6.07, 6.45) is 10.1. The van der Waals surface area contributed by atoms with Crippen LogP contribution in [0.15, 0.2) is 0 Å². The van der Waals surface area contributed by atoms with Crippen molar-refractivity contribution in [3.05, 3.63) is 0 Å². The monoisotopic (exact) mass is 305 g/mol. The largest absolute Gasteiger partial charge is 0.443 e. The highest BCUT2D eigenvalue weighted by atomic mass is 16.6. The SMILES string of the molecule is CC(C)C1(OC(=O)N2CCCCC2)CC2C3CCC(C3)C2C1. The summed E-state index contributed by atoms with van der Waals surface area (Å²) in [5.41, 5.74) is -0.175. The molecule has 0 aromatic carbocycles. The minimum Gasteiger partial charge on any atom is -0.443 e. The number of nitrogens with zero attached hydrogens (tertiary/aromatic N) is 1. The van der Waals surface area contributed by atoms with E-state index in [2.05, 4.69) is 13.8 Å². The number of piperidine rings is 1. The molecule has 0 N–H and O–H groups in total. The van der Waals surface area contributed by atoms with Crippen LogP contribution in [0.1, 0.15) is 65.2 Å². The highest BCUT2D eigenvalue weighted by molar-refractivity contribution is 5.68. The fraction of sp³-hybridized carbons (Fsp3) is 0.947. The predicted octanol–water partition coefficient (Wildman–Crippen LogP) is 4.46. The van der Waals surface area contributed by atoms with E-state index in [1.165, 1.54) is 25.7 Å². The standard InChI is InChI=1S/C19H31NO2/c1-13(2)19(22-18(21)20-8-4-3-5-9-20)11-16-14-6-7-15(10-14)17(16)12-19/h13-17H,3-12H2,1-2H3. The summed E-state index contributed by atoms with van der Waals surface area (Å²) < 4.78 is 6.25. The van der Waals surface area contributed by atoms with Crippen LogP contribution in [0.4, 0.5) is 4.79 Å². The van der Waals surface area contributed by atoms with Crippen molar-refractivity contribution in [3.8, 4) is 0 Å². The Morgan fingerprint density at radius 2 is 1.64 bits per heavy atom. The molecule has 3 heteroatoms. The number of hydrogen-bond acceptors (Lipinski definition) is 2. The summed E-state index contributed by atoms with van der Waals surface area (Å²) in [6.45, 7) is 6.30. The molecular formula is C19H31NO2. The zero-order chi connectivity index (χ0) is 15.3. The molecule has 3 nitrogen and oxygen atoms in total. The van der Waals surface area contributed by atoms with Crippen LogP contribution in [0.25, 0.3) is 0 Å². The Morgan fingerprint density at radius 1 is 1.05 bits per heavy atom. The van der Waals surface area contributed by atoms with Gasteiger partial charge in [0, 0.05) is 13.1 Å². The molecular weight excluding hydrogens is 274 g/mol. The van der Waals surface area contributed by atoms with E-state index in [1.54, 1.807) is 0 Å². The van der Waals surface area contributed by atoms with Crippen molar-refractivity contribution in [1.82, 2.24) is 4.90 Å². The van der Waals surface area contributed by atoms with Gasteiger partial charge in [-0.3, -0.25) is 0 Å². The van der Waals surface area contributed by atoms with Gasteiger partial charge in [-0.15, -0.1) is 0 Å². The summed E-state index contributed by atoms with van der Waals surface area (Å²) in [5.74, 6) is 3.99. The van der Waals surface area contributed by atoms with E-state index >= 15 is 0 Å². The summed E-state index contributed by atoms with van der Waals surface area (Å²) >= 11 is 0. The van der Waals surface area contributed by atoms with Crippen molar-refractivity contribution >= 4 is 6.09 Å². The maximum Gasteiger partial charge on any atom is 0.410 e. The lowest BCUT2D eigenvalue weighted by Gasteiger charge is -2.37. The Bertz CT molecular complexity index is 423. The molecule has 22 heavy (non-hydrogen) atoms. The number of amides is 1. The maximum atomic E-state index is 12.7. The number of ether oxygens (including phenoxy) is 1. The second kappa shape index (κ2) is 5.42. The molecule has 3 saturated carbocycles. The number of fused-ring (bicyclic) bond motifs is 5. The first-order valence-corrected chi connectivity index (χ1v) is 9.57. The fourth-order valence-corrected chi connectivity index (χ4v) is 6.03. The molecule has 3 aliphatic carbocycles. The van der Waals surface area contributed by atoms with E-state index in [0.717, 1.165) is 62.4 Å². The number of carbonyl (C=O) groups excluding carboxylic acids is 1. The summed E-state index contributed by atoms with van der Waals surface area (Å²) in [7, 11) is 0. The number of hydrogen-bond donors (Lipinski definition) is 0. The first-order chi connectivity index (χ1) is 10.6. The third-order valence-corrected chi connectivity index (χ3v) is 7.39. The average molecular weight is 305 g/mol. The van der Waals surface area contributed by atoms with Gasteiger partial charge in [0.15, 0.2) is 0 Å². The maximum absolute atomic E-state index is 12.7. The molecule has 4 aliphatic rings.